The first kappa shape index (κ1) is 21.0. The summed E-state index contributed by atoms with van der Waals surface area (Å²) in [5, 5.41) is 0. The molecule has 1 heterocycles. The van der Waals surface area contributed by atoms with Crippen LogP contribution in [0.1, 0.15) is 28.4 Å². The van der Waals surface area contributed by atoms with E-state index in [0.717, 1.165) is 11.1 Å². The minimum absolute atomic E-state index is 0.111. The summed E-state index contributed by atoms with van der Waals surface area (Å²) in [7, 11) is -3.65. The van der Waals surface area contributed by atoms with Gasteiger partial charge in [0.05, 0.1) is 4.90 Å². The molecule has 7 heteroatoms. The molecule has 0 unspecified atom stereocenters. The van der Waals surface area contributed by atoms with Crippen LogP contribution in [-0.2, 0) is 14.8 Å². The molecule has 0 N–H and O–H groups in total. The van der Waals surface area contributed by atoms with E-state index in [1.807, 2.05) is 31.2 Å². The highest BCUT2D eigenvalue weighted by Gasteiger charge is 2.29. The maximum Gasteiger partial charge on any atom is 0.246 e. The van der Waals surface area contributed by atoms with Crippen LogP contribution < -0.4 is 0 Å². The summed E-state index contributed by atoms with van der Waals surface area (Å²) in [4.78, 5) is 25.6. The van der Waals surface area contributed by atoms with Gasteiger partial charge in [0.15, 0.2) is 5.78 Å². The summed E-state index contributed by atoms with van der Waals surface area (Å²) in [5.74, 6) is -0.242. The van der Waals surface area contributed by atoms with Gasteiger partial charge in [-0.05, 0) is 37.6 Å². The number of rotatable bonds is 5. The number of benzene rings is 2. The van der Waals surface area contributed by atoms with Crippen LogP contribution in [0.4, 0.5) is 0 Å². The van der Waals surface area contributed by atoms with Gasteiger partial charge in [0.2, 0.25) is 15.9 Å². The highest BCUT2D eigenvalue weighted by molar-refractivity contribution is 7.89. The molecule has 0 bridgehead atoms. The van der Waals surface area contributed by atoms with E-state index < -0.39 is 10.0 Å². The van der Waals surface area contributed by atoms with Crippen LogP contribution in [0.25, 0.3) is 6.08 Å². The Hall–Kier alpha value is -2.77. The second kappa shape index (κ2) is 8.71. The molecule has 3 rings (SSSR count). The number of aryl methyl sites for hydroxylation is 1. The molecule has 2 aromatic carbocycles. The number of hydrogen-bond acceptors (Lipinski definition) is 4. The summed E-state index contributed by atoms with van der Waals surface area (Å²) >= 11 is 0. The van der Waals surface area contributed by atoms with Crippen LogP contribution in [0.3, 0.4) is 0 Å². The first-order valence-electron chi connectivity index (χ1n) is 9.42. The van der Waals surface area contributed by atoms with Crippen LogP contribution in [0.15, 0.2) is 59.5 Å². The molecule has 1 aliphatic rings. The first-order chi connectivity index (χ1) is 13.8. The van der Waals surface area contributed by atoms with Gasteiger partial charge in [0.1, 0.15) is 0 Å². The molecule has 0 saturated carbocycles. The van der Waals surface area contributed by atoms with Crippen molar-refractivity contribution in [3.63, 3.8) is 0 Å². The summed E-state index contributed by atoms with van der Waals surface area (Å²) < 4.78 is 27.0. The number of nitrogens with zero attached hydrogens (tertiary/aromatic N) is 2. The number of Topliss-reactive ketones (excluding diaryl/α,β-unsaturated/α-hetero) is 1. The molecule has 0 radical (unpaired) electrons. The molecule has 6 nitrogen and oxygen atoms in total. The highest BCUT2D eigenvalue weighted by atomic mass is 32.2. The zero-order valence-electron chi connectivity index (χ0n) is 16.5. The number of carbonyl (C=O) groups excluding carboxylic acids is 2. The summed E-state index contributed by atoms with van der Waals surface area (Å²) in [6, 6.07) is 13.8. The largest absolute Gasteiger partial charge is 0.337 e. The van der Waals surface area contributed by atoms with E-state index in [1.54, 1.807) is 11.0 Å². The molecule has 1 aliphatic heterocycles. The van der Waals surface area contributed by atoms with E-state index >= 15 is 0 Å². The van der Waals surface area contributed by atoms with Crippen molar-refractivity contribution in [1.82, 2.24) is 9.21 Å². The molecule has 2 aromatic rings. The lowest BCUT2D eigenvalue weighted by molar-refractivity contribution is -0.127. The van der Waals surface area contributed by atoms with Crippen LogP contribution in [0.2, 0.25) is 0 Å². The SMILES string of the molecule is CC(=O)c1ccc(S(=O)(=O)N2CCN(C(=O)/C=C/c3cccc(C)c3)CC2)cc1. The quantitative estimate of drug-likeness (QED) is 0.559. The van der Waals surface area contributed by atoms with Crippen molar-refractivity contribution in [1.29, 1.82) is 0 Å². The van der Waals surface area contributed by atoms with E-state index in [4.69, 9.17) is 0 Å². The van der Waals surface area contributed by atoms with Crippen LogP contribution in [-0.4, -0.2) is 55.5 Å². The Morgan fingerprint density at radius 2 is 1.62 bits per heavy atom. The van der Waals surface area contributed by atoms with E-state index in [0.29, 0.717) is 18.7 Å². The first-order valence-corrected chi connectivity index (χ1v) is 10.9. The smallest absolute Gasteiger partial charge is 0.246 e. The van der Waals surface area contributed by atoms with Crippen molar-refractivity contribution in [2.75, 3.05) is 26.2 Å². The lowest BCUT2D eigenvalue weighted by atomic mass is 10.1. The predicted molar refractivity (Wildman–Crippen MR) is 112 cm³/mol. The second-order valence-electron chi connectivity index (χ2n) is 7.06. The lowest BCUT2D eigenvalue weighted by Gasteiger charge is -2.33. The van der Waals surface area contributed by atoms with Crippen molar-refractivity contribution >= 4 is 27.8 Å². The van der Waals surface area contributed by atoms with Crippen molar-refractivity contribution in [2.45, 2.75) is 18.7 Å². The molecule has 0 aliphatic carbocycles. The van der Waals surface area contributed by atoms with Crippen LogP contribution >= 0.6 is 0 Å². The Kier molecular flexibility index (Phi) is 6.30. The van der Waals surface area contributed by atoms with Crippen molar-refractivity contribution in [3.8, 4) is 0 Å². The van der Waals surface area contributed by atoms with Crippen LogP contribution in [0, 0.1) is 6.92 Å². The fraction of sp³-hybridized carbons (Fsp3) is 0.273. The third-order valence-corrected chi connectivity index (χ3v) is 6.82. The number of ketones is 1. The molecule has 152 valence electrons. The Bertz CT molecular complexity index is 1030. The second-order valence-corrected chi connectivity index (χ2v) is 9.00. The van der Waals surface area contributed by atoms with Gasteiger partial charge < -0.3 is 4.90 Å². The minimum Gasteiger partial charge on any atom is -0.337 e. The molecular weight excluding hydrogens is 388 g/mol. The van der Waals surface area contributed by atoms with E-state index in [2.05, 4.69) is 0 Å². The number of sulfonamides is 1. The average molecular weight is 413 g/mol. The Labute approximate surface area is 171 Å². The number of carbonyl (C=O) groups is 2. The molecule has 1 amide bonds. The maximum atomic E-state index is 12.8. The molecule has 1 fully saturated rings. The van der Waals surface area contributed by atoms with Gasteiger partial charge in [-0.15, -0.1) is 0 Å². The van der Waals surface area contributed by atoms with Gasteiger partial charge in [-0.25, -0.2) is 8.42 Å². The monoisotopic (exact) mass is 412 g/mol. The van der Waals surface area contributed by atoms with Gasteiger partial charge in [-0.3, -0.25) is 9.59 Å². The normalized spacial score (nSPS) is 15.6. The Balaban J connectivity index is 1.61. The molecule has 0 spiro atoms. The third-order valence-electron chi connectivity index (χ3n) is 4.91. The van der Waals surface area contributed by atoms with Gasteiger partial charge in [0.25, 0.3) is 0 Å². The lowest BCUT2D eigenvalue weighted by Crippen LogP contribution is -2.50. The standard InChI is InChI=1S/C22H24N2O4S/c1-17-4-3-5-19(16-17)6-11-22(26)23-12-14-24(15-13-23)29(27,28)21-9-7-20(8-10-21)18(2)25/h3-11,16H,12-15H2,1-2H3/b11-6+. The summed E-state index contributed by atoms with van der Waals surface area (Å²) in [5.41, 5.74) is 2.54. The van der Waals surface area contributed by atoms with E-state index in [1.165, 1.54) is 41.6 Å². The van der Waals surface area contributed by atoms with Gasteiger partial charge >= 0.3 is 0 Å². The summed E-state index contributed by atoms with van der Waals surface area (Å²) in [6.45, 7) is 4.57. The molecule has 0 atom stereocenters. The van der Waals surface area contributed by atoms with Gasteiger partial charge in [0, 0.05) is 37.8 Å². The van der Waals surface area contributed by atoms with E-state index in [-0.39, 0.29) is 29.7 Å². The predicted octanol–water partition coefficient (Wildman–Crippen LogP) is 2.74. The van der Waals surface area contributed by atoms with Gasteiger partial charge in [-0.2, -0.15) is 4.31 Å². The zero-order chi connectivity index (χ0) is 21.0. The molecule has 1 saturated heterocycles. The van der Waals surface area contributed by atoms with E-state index in [9.17, 15) is 18.0 Å². The zero-order valence-corrected chi connectivity index (χ0v) is 17.4. The molecule has 0 aromatic heterocycles. The van der Waals surface area contributed by atoms with Crippen LogP contribution in [0.5, 0.6) is 0 Å². The topological polar surface area (TPSA) is 74.8 Å². The fourth-order valence-electron chi connectivity index (χ4n) is 3.21. The Morgan fingerprint density at radius 1 is 0.966 bits per heavy atom. The van der Waals surface area contributed by atoms with Crippen molar-refractivity contribution in [3.05, 3.63) is 71.3 Å². The number of amides is 1. The summed E-state index contributed by atoms with van der Waals surface area (Å²) in [6.07, 6.45) is 3.30. The fourth-order valence-corrected chi connectivity index (χ4v) is 4.63. The minimum atomic E-state index is -3.65. The maximum absolute atomic E-state index is 12.8. The molecular formula is C22H24N2O4S. The Morgan fingerprint density at radius 3 is 2.21 bits per heavy atom. The van der Waals surface area contributed by atoms with Gasteiger partial charge in [-0.1, -0.05) is 42.0 Å². The third kappa shape index (κ3) is 4.99. The molecule has 29 heavy (non-hydrogen) atoms. The van der Waals surface area contributed by atoms with Crippen molar-refractivity contribution < 1.29 is 18.0 Å². The number of piperazine rings is 1. The average Bonchev–Trinajstić information content (AvgIpc) is 2.72. The van der Waals surface area contributed by atoms with Crippen molar-refractivity contribution in [2.24, 2.45) is 0 Å². The number of hydrogen-bond donors (Lipinski definition) is 0. The highest BCUT2D eigenvalue weighted by Crippen LogP contribution is 2.19.